The molecule has 0 aliphatic heterocycles. The van der Waals surface area contributed by atoms with E-state index >= 15 is 0 Å². The molecule has 3 aromatic rings. The molecule has 0 spiro atoms. The van der Waals surface area contributed by atoms with E-state index in [2.05, 4.69) is 21.2 Å². The molecule has 6 heteroatoms. The van der Waals surface area contributed by atoms with Gasteiger partial charge in [-0.2, -0.15) is 0 Å². The molecule has 0 saturated heterocycles. The first-order valence-corrected chi connectivity index (χ1v) is 9.00. The van der Waals surface area contributed by atoms with Gasteiger partial charge in [0.2, 0.25) is 5.91 Å². The second-order valence-corrected chi connectivity index (χ2v) is 7.02. The average Bonchev–Trinajstić information content (AvgIpc) is 3.05. The van der Waals surface area contributed by atoms with Crippen LogP contribution in [0.2, 0.25) is 5.02 Å². The van der Waals surface area contributed by atoms with Gasteiger partial charge in [0.1, 0.15) is 11.5 Å². The maximum absolute atomic E-state index is 12.2. The van der Waals surface area contributed by atoms with Crippen LogP contribution in [-0.4, -0.2) is 5.91 Å². The zero-order valence-corrected chi connectivity index (χ0v) is 16.3. The van der Waals surface area contributed by atoms with Gasteiger partial charge < -0.3 is 15.5 Å². The van der Waals surface area contributed by atoms with E-state index in [1.165, 1.54) is 6.08 Å². The van der Waals surface area contributed by atoms with E-state index in [4.69, 9.17) is 21.8 Å². The number of amides is 1. The minimum absolute atomic E-state index is 0.265. The number of rotatable bonds is 4. The summed E-state index contributed by atoms with van der Waals surface area (Å²) in [6, 6.07) is 14.6. The summed E-state index contributed by atoms with van der Waals surface area (Å²) < 4.78 is 6.47. The maximum atomic E-state index is 12.2. The first kappa shape index (κ1) is 18.3. The number of carbonyl (C=O) groups excluding carboxylic acids is 1. The predicted molar refractivity (Wildman–Crippen MR) is 110 cm³/mol. The number of benzene rings is 2. The van der Waals surface area contributed by atoms with Crippen molar-refractivity contribution in [3.8, 4) is 11.3 Å². The van der Waals surface area contributed by atoms with Gasteiger partial charge in [0.25, 0.3) is 0 Å². The van der Waals surface area contributed by atoms with E-state index in [0.717, 1.165) is 15.6 Å². The molecule has 0 bridgehead atoms. The summed E-state index contributed by atoms with van der Waals surface area (Å²) in [7, 11) is 0. The van der Waals surface area contributed by atoms with Crippen molar-refractivity contribution in [3.05, 3.63) is 75.4 Å². The number of nitrogens with two attached hydrogens (primary N) is 1. The summed E-state index contributed by atoms with van der Waals surface area (Å²) >= 11 is 9.41. The van der Waals surface area contributed by atoms with Crippen LogP contribution in [0, 0.1) is 6.92 Å². The Balaban J connectivity index is 1.72. The van der Waals surface area contributed by atoms with E-state index in [-0.39, 0.29) is 5.91 Å². The van der Waals surface area contributed by atoms with Crippen molar-refractivity contribution in [2.75, 3.05) is 11.1 Å². The van der Waals surface area contributed by atoms with Gasteiger partial charge >= 0.3 is 0 Å². The smallest absolute Gasteiger partial charge is 0.248 e. The minimum Gasteiger partial charge on any atom is -0.457 e. The van der Waals surface area contributed by atoms with Crippen LogP contribution in [0.25, 0.3) is 17.4 Å². The number of furan rings is 1. The third-order valence-corrected chi connectivity index (χ3v) is 4.55. The second-order valence-electron chi connectivity index (χ2n) is 5.73. The number of anilines is 2. The van der Waals surface area contributed by atoms with E-state index in [0.29, 0.717) is 27.9 Å². The highest BCUT2D eigenvalue weighted by Crippen LogP contribution is 2.29. The second kappa shape index (κ2) is 7.81. The lowest BCUT2D eigenvalue weighted by Crippen LogP contribution is -2.09. The number of nitrogen functional groups attached to an aromatic ring is 1. The Hall–Kier alpha value is -2.50. The quantitative estimate of drug-likeness (QED) is 0.399. The number of aryl methyl sites for hydroxylation is 1. The van der Waals surface area contributed by atoms with Gasteiger partial charge in [0.15, 0.2) is 0 Å². The molecule has 0 fully saturated rings. The van der Waals surface area contributed by atoms with Crippen LogP contribution >= 0.6 is 27.5 Å². The molecule has 1 heterocycles. The number of carbonyl (C=O) groups is 1. The van der Waals surface area contributed by atoms with Crippen LogP contribution in [0.3, 0.4) is 0 Å². The molecule has 2 aromatic carbocycles. The molecule has 26 heavy (non-hydrogen) atoms. The highest BCUT2D eigenvalue weighted by Gasteiger charge is 2.08. The number of halogens is 2. The molecule has 0 aliphatic rings. The molecule has 1 aromatic heterocycles. The van der Waals surface area contributed by atoms with Crippen LogP contribution in [0.4, 0.5) is 11.4 Å². The zero-order valence-electron chi connectivity index (χ0n) is 13.9. The van der Waals surface area contributed by atoms with Gasteiger partial charge in [-0.15, -0.1) is 0 Å². The van der Waals surface area contributed by atoms with Gasteiger partial charge in [-0.1, -0.05) is 23.7 Å². The van der Waals surface area contributed by atoms with Crippen LogP contribution in [0.15, 0.2) is 63.5 Å². The van der Waals surface area contributed by atoms with Crippen molar-refractivity contribution in [2.24, 2.45) is 0 Å². The fourth-order valence-corrected chi connectivity index (χ4v) is 3.36. The van der Waals surface area contributed by atoms with Crippen LogP contribution in [0.5, 0.6) is 0 Å². The molecule has 1 amide bonds. The molecule has 0 unspecified atom stereocenters. The molecular weight excluding hydrogens is 416 g/mol. The summed E-state index contributed by atoms with van der Waals surface area (Å²) in [5.41, 5.74) is 8.85. The fourth-order valence-electron chi connectivity index (χ4n) is 2.49. The van der Waals surface area contributed by atoms with Gasteiger partial charge in [0, 0.05) is 26.8 Å². The molecule has 3 N–H and O–H groups in total. The molecule has 132 valence electrons. The molecule has 0 atom stereocenters. The van der Waals surface area contributed by atoms with Crippen molar-refractivity contribution < 1.29 is 9.21 Å². The maximum Gasteiger partial charge on any atom is 0.248 e. The Morgan fingerprint density at radius 2 is 2.04 bits per heavy atom. The lowest BCUT2D eigenvalue weighted by molar-refractivity contribution is -0.111. The Bertz CT molecular complexity index is 972. The van der Waals surface area contributed by atoms with Crippen LogP contribution in [-0.2, 0) is 4.79 Å². The summed E-state index contributed by atoms with van der Waals surface area (Å²) in [5.74, 6) is 0.993. The Labute approximate surface area is 164 Å². The molecule has 4 nitrogen and oxygen atoms in total. The van der Waals surface area contributed by atoms with E-state index in [9.17, 15) is 4.79 Å². The predicted octanol–water partition coefficient (Wildman–Crippen LogP) is 5.91. The Kier molecular flexibility index (Phi) is 5.49. The van der Waals surface area contributed by atoms with Crippen molar-refractivity contribution >= 4 is 50.9 Å². The Morgan fingerprint density at radius 3 is 2.77 bits per heavy atom. The molecule has 0 saturated carbocycles. The standard InChI is InChI=1S/C20H16BrClN2O2/c1-12-9-15(23)11-17(21)20(12)24-19(25)8-6-16-5-7-18(26-16)13-3-2-4-14(22)10-13/h2-11H,23H2,1H3,(H,24,25)/b8-6+. The first-order chi connectivity index (χ1) is 12.4. The van der Waals surface area contributed by atoms with Crippen molar-refractivity contribution in [1.82, 2.24) is 0 Å². The van der Waals surface area contributed by atoms with Crippen molar-refractivity contribution in [2.45, 2.75) is 6.92 Å². The SMILES string of the molecule is Cc1cc(N)cc(Br)c1NC(=O)/C=C/c1ccc(-c2cccc(Cl)c2)o1. The van der Waals surface area contributed by atoms with E-state index in [1.54, 1.807) is 30.3 Å². The number of hydrogen-bond donors (Lipinski definition) is 2. The normalized spacial score (nSPS) is 11.0. The van der Waals surface area contributed by atoms with Crippen molar-refractivity contribution in [1.29, 1.82) is 0 Å². The van der Waals surface area contributed by atoms with Gasteiger partial charge in [-0.3, -0.25) is 4.79 Å². The summed E-state index contributed by atoms with van der Waals surface area (Å²) in [4.78, 5) is 12.2. The molecular formula is C20H16BrClN2O2. The van der Waals surface area contributed by atoms with Gasteiger partial charge in [-0.25, -0.2) is 0 Å². The summed E-state index contributed by atoms with van der Waals surface area (Å²) in [5, 5.41) is 3.47. The molecule has 0 radical (unpaired) electrons. The number of hydrogen-bond acceptors (Lipinski definition) is 3. The third kappa shape index (κ3) is 4.36. The average molecular weight is 432 g/mol. The van der Waals surface area contributed by atoms with Gasteiger partial charge in [-0.05, 0) is 70.9 Å². The van der Waals surface area contributed by atoms with Crippen LogP contribution < -0.4 is 11.1 Å². The zero-order chi connectivity index (χ0) is 18.7. The summed E-state index contributed by atoms with van der Waals surface area (Å²) in [6.07, 6.45) is 3.03. The monoisotopic (exact) mass is 430 g/mol. The molecule has 3 rings (SSSR count). The topological polar surface area (TPSA) is 68.3 Å². The highest BCUT2D eigenvalue weighted by atomic mass is 79.9. The summed E-state index contributed by atoms with van der Waals surface area (Å²) in [6.45, 7) is 1.88. The van der Waals surface area contributed by atoms with E-state index in [1.807, 2.05) is 31.2 Å². The molecule has 0 aliphatic carbocycles. The van der Waals surface area contributed by atoms with Crippen molar-refractivity contribution in [3.63, 3.8) is 0 Å². The fraction of sp³-hybridized carbons (Fsp3) is 0.0500. The minimum atomic E-state index is -0.265. The first-order valence-electron chi connectivity index (χ1n) is 7.83. The van der Waals surface area contributed by atoms with Gasteiger partial charge in [0.05, 0.1) is 5.69 Å². The largest absolute Gasteiger partial charge is 0.457 e. The Morgan fingerprint density at radius 1 is 1.23 bits per heavy atom. The lowest BCUT2D eigenvalue weighted by atomic mass is 10.2. The lowest BCUT2D eigenvalue weighted by Gasteiger charge is -2.10. The van der Waals surface area contributed by atoms with Crippen LogP contribution in [0.1, 0.15) is 11.3 Å². The van der Waals surface area contributed by atoms with E-state index < -0.39 is 0 Å². The number of nitrogens with one attached hydrogen (secondary N) is 1. The third-order valence-electron chi connectivity index (χ3n) is 3.69. The highest BCUT2D eigenvalue weighted by molar-refractivity contribution is 9.10.